The van der Waals surface area contributed by atoms with Crippen molar-refractivity contribution in [2.24, 2.45) is 40.6 Å². The molecule has 5 aliphatic rings. The summed E-state index contributed by atoms with van der Waals surface area (Å²) in [5.41, 5.74) is 1.03. The first-order valence-electron chi connectivity index (χ1n) is 8.82. The number of aryl methyl sites for hydroxylation is 1. The first kappa shape index (κ1) is 15.4. The van der Waals surface area contributed by atoms with Gasteiger partial charge >= 0.3 is 0 Å². The van der Waals surface area contributed by atoms with E-state index in [-0.39, 0.29) is 41.2 Å². The summed E-state index contributed by atoms with van der Waals surface area (Å²) in [4.78, 5) is 36.2. The summed E-state index contributed by atoms with van der Waals surface area (Å²) in [6.45, 7) is 1.66. The van der Waals surface area contributed by atoms with Crippen LogP contribution in [0.3, 0.4) is 0 Å². The Morgan fingerprint density at radius 2 is 1.77 bits per heavy atom. The van der Waals surface area contributed by atoms with E-state index in [4.69, 9.17) is 0 Å². The van der Waals surface area contributed by atoms with E-state index in [1.807, 2.05) is 0 Å². The molecular weight excluding hydrogens is 334 g/mol. The Bertz CT molecular complexity index is 885. The van der Waals surface area contributed by atoms with Crippen molar-refractivity contribution >= 4 is 23.7 Å². The van der Waals surface area contributed by atoms with Crippen LogP contribution < -0.4 is 0 Å². The maximum absolute atomic E-state index is 12.8. The van der Waals surface area contributed by atoms with Gasteiger partial charge in [0.2, 0.25) is 0 Å². The minimum absolute atomic E-state index is 0.0102. The van der Waals surface area contributed by atoms with Crippen LogP contribution in [0, 0.1) is 52.5 Å². The zero-order valence-electron chi connectivity index (χ0n) is 14.1. The van der Waals surface area contributed by atoms with Crippen LogP contribution in [0.25, 0.3) is 0 Å². The highest BCUT2D eigenvalue weighted by atomic mass is 16.6. The number of allylic oxidation sites excluding steroid dienone is 2. The molecule has 0 spiro atoms. The number of hydrogen-bond donors (Lipinski definition) is 0. The standard InChI is InChI=1S/C19H17N3O4/c1-9-2-3-10(6-15(9)22(25)26)8-20-21-18(23)16-11-4-5-12(14-7-13(11)14)17(16)19(21)24/h2-6,8,11-14,16-17H,7H2,1H3/b20-8+/t11-,12-,13-,14-,16+,17+/m1/s1. The van der Waals surface area contributed by atoms with E-state index in [0.29, 0.717) is 23.0 Å². The van der Waals surface area contributed by atoms with Crippen molar-refractivity contribution in [3.63, 3.8) is 0 Å². The predicted octanol–water partition coefficient (Wildman–Crippen LogP) is 2.29. The van der Waals surface area contributed by atoms with Crippen LogP contribution in [0.15, 0.2) is 35.5 Å². The molecule has 7 nitrogen and oxygen atoms in total. The molecule has 2 bridgehead atoms. The summed E-state index contributed by atoms with van der Waals surface area (Å²) >= 11 is 0. The Labute approximate surface area is 149 Å². The van der Waals surface area contributed by atoms with Gasteiger partial charge in [-0.25, -0.2) is 0 Å². The lowest BCUT2D eigenvalue weighted by Crippen LogP contribution is -2.40. The van der Waals surface area contributed by atoms with Gasteiger partial charge < -0.3 is 0 Å². The lowest BCUT2D eigenvalue weighted by Gasteiger charge is -2.37. The summed E-state index contributed by atoms with van der Waals surface area (Å²) in [5.74, 6) is 0.374. The second kappa shape index (κ2) is 5.09. The van der Waals surface area contributed by atoms with Crippen molar-refractivity contribution < 1.29 is 14.5 Å². The van der Waals surface area contributed by atoms with Crippen LogP contribution in [-0.4, -0.2) is 28.0 Å². The smallest absolute Gasteiger partial charge is 0.272 e. The molecule has 2 saturated carbocycles. The average molecular weight is 351 g/mol. The van der Waals surface area contributed by atoms with Crippen LogP contribution in [0.4, 0.5) is 5.69 Å². The number of nitro benzene ring substituents is 1. The minimum atomic E-state index is -0.455. The Kier molecular flexibility index (Phi) is 3.02. The molecule has 4 aliphatic carbocycles. The average Bonchev–Trinajstić information content (AvgIpc) is 3.40. The van der Waals surface area contributed by atoms with E-state index in [1.54, 1.807) is 19.1 Å². The number of carbonyl (C=O) groups is 2. The van der Waals surface area contributed by atoms with Crippen molar-refractivity contribution in [3.8, 4) is 0 Å². The normalized spacial score (nSPS) is 36.6. The number of nitro groups is 1. The van der Waals surface area contributed by atoms with Crippen LogP contribution in [0.5, 0.6) is 0 Å². The van der Waals surface area contributed by atoms with E-state index in [0.717, 1.165) is 11.4 Å². The molecule has 6 atom stereocenters. The van der Waals surface area contributed by atoms with Gasteiger partial charge in [-0.1, -0.05) is 24.3 Å². The third kappa shape index (κ3) is 1.97. The quantitative estimate of drug-likeness (QED) is 0.275. The molecule has 2 amide bonds. The van der Waals surface area contributed by atoms with Crippen molar-refractivity contribution in [1.82, 2.24) is 5.01 Å². The molecule has 26 heavy (non-hydrogen) atoms. The molecule has 1 saturated heterocycles. The Hall–Kier alpha value is -2.83. The van der Waals surface area contributed by atoms with E-state index in [9.17, 15) is 19.7 Å². The number of carbonyl (C=O) groups excluding carboxylic acids is 2. The zero-order chi connectivity index (χ0) is 18.2. The number of imide groups is 1. The maximum Gasteiger partial charge on any atom is 0.272 e. The van der Waals surface area contributed by atoms with E-state index < -0.39 is 4.92 Å². The third-order valence-corrected chi connectivity index (χ3v) is 6.39. The molecule has 0 aromatic heterocycles. The summed E-state index contributed by atoms with van der Waals surface area (Å²) in [6.07, 6.45) is 6.70. The maximum atomic E-state index is 12.8. The van der Waals surface area contributed by atoms with Gasteiger partial charge in [0.15, 0.2) is 0 Å². The van der Waals surface area contributed by atoms with Gasteiger partial charge in [-0.3, -0.25) is 19.7 Å². The van der Waals surface area contributed by atoms with Crippen LogP contribution in [0.2, 0.25) is 0 Å². The lowest BCUT2D eigenvalue weighted by molar-refractivity contribution is -0.385. The van der Waals surface area contributed by atoms with Gasteiger partial charge in [0.05, 0.1) is 23.0 Å². The van der Waals surface area contributed by atoms with Crippen LogP contribution in [0.1, 0.15) is 17.5 Å². The van der Waals surface area contributed by atoms with Crippen LogP contribution in [-0.2, 0) is 9.59 Å². The second-order valence-corrected chi connectivity index (χ2v) is 7.69. The van der Waals surface area contributed by atoms with Crippen molar-refractivity contribution in [2.75, 3.05) is 0 Å². The zero-order valence-corrected chi connectivity index (χ0v) is 14.1. The highest BCUT2D eigenvalue weighted by Crippen LogP contribution is 2.65. The Balaban J connectivity index is 1.43. The Morgan fingerprint density at radius 3 is 2.35 bits per heavy atom. The van der Waals surface area contributed by atoms with Gasteiger partial charge in [-0.15, -0.1) is 0 Å². The number of benzene rings is 1. The lowest BCUT2D eigenvalue weighted by atomic mass is 9.63. The van der Waals surface area contributed by atoms with Gasteiger partial charge in [0.25, 0.3) is 17.5 Å². The highest BCUT2D eigenvalue weighted by Gasteiger charge is 2.67. The summed E-state index contributed by atoms with van der Waals surface area (Å²) in [6, 6.07) is 4.71. The monoisotopic (exact) mass is 351 g/mol. The molecule has 1 aliphatic heterocycles. The Morgan fingerprint density at radius 1 is 1.15 bits per heavy atom. The number of hydrazone groups is 1. The summed E-state index contributed by atoms with van der Waals surface area (Å²) < 4.78 is 0. The molecule has 1 heterocycles. The van der Waals surface area contributed by atoms with E-state index >= 15 is 0 Å². The fourth-order valence-corrected chi connectivity index (χ4v) is 5.08. The topological polar surface area (TPSA) is 92.9 Å². The molecule has 7 heteroatoms. The molecule has 6 rings (SSSR count). The predicted molar refractivity (Wildman–Crippen MR) is 92.0 cm³/mol. The molecule has 0 unspecified atom stereocenters. The number of nitrogens with zero attached hydrogens (tertiary/aromatic N) is 3. The van der Waals surface area contributed by atoms with E-state index in [1.165, 1.54) is 12.3 Å². The number of hydrogen-bond acceptors (Lipinski definition) is 5. The van der Waals surface area contributed by atoms with E-state index in [2.05, 4.69) is 17.3 Å². The largest absolute Gasteiger partial charge is 0.272 e. The summed E-state index contributed by atoms with van der Waals surface area (Å²) in [5, 5.41) is 16.1. The van der Waals surface area contributed by atoms with Gasteiger partial charge in [0.1, 0.15) is 0 Å². The molecule has 0 radical (unpaired) electrons. The number of rotatable bonds is 3. The summed E-state index contributed by atoms with van der Waals surface area (Å²) in [7, 11) is 0. The SMILES string of the molecule is Cc1ccc(/C=N/N2C(=O)[C@H]3[C@@H]4C=C[C@H]([C@H]5C[C@H]45)[C@@H]3C2=O)cc1[N+](=O)[O-]. The van der Waals surface area contributed by atoms with Crippen molar-refractivity contribution in [2.45, 2.75) is 13.3 Å². The molecule has 3 fully saturated rings. The molecule has 1 aromatic rings. The molecular formula is C19H17N3O4. The van der Waals surface area contributed by atoms with Crippen molar-refractivity contribution in [1.29, 1.82) is 0 Å². The molecule has 1 aromatic carbocycles. The van der Waals surface area contributed by atoms with Gasteiger partial charge in [0, 0.05) is 17.2 Å². The fraction of sp³-hybridized carbons (Fsp3) is 0.421. The van der Waals surface area contributed by atoms with Crippen LogP contribution >= 0.6 is 0 Å². The fourth-order valence-electron chi connectivity index (χ4n) is 5.08. The van der Waals surface area contributed by atoms with Crippen molar-refractivity contribution in [3.05, 3.63) is 51.6 Å². The second-order valence-electron chi connectivity index (χ2n) is 7.69. The number of amides is 2. The highest BCUT2D eigenvalue weighted by molar-refractivity contribution is 6.06. The third-order valence-electron chi connectivity index (χ3n) is 6.39. The first-order valence-corrected chi connectivity index (χ1v) is 8.82. The van der Waals surface area contributed by atoms with Gasteiger partial charge in [-0.05, 0) is 37.0 Å². The van der Waals surface area contributed by atoms with Gasteiger partial charge in [-0.2, -0.15) is 10.1 Å². The first-order chi connectivity index (χ1) is 12.5. The minimum Gasteiger partial charge on any atom is -0.272 e. The molecule has 0 N–H and O–H groups in total. The molecule has 132 valence electrons.